The highest BCUT2D eigenvalue weighted by molar-refractivity contribution is 7.10. The summed E-state index contributed by atoms with van der Waals surface area (Å²) in [6.07, 6.45) is -4.53. The number of thiophene rings is 1. The van der Waals surface area contributed by atoms with Gasteiger partial charge in [0.05, 0.1) is 17.0 Å². The van der Waals surface area contributed by atoms with Crippen molar-refractivity contribution < 1.29 is 18.0 Å². The fraction of sp³-hybridized carbons (Fsp3) is 0.417. The number of amides is 1. The Morgan fingerprint density at radius 2 is 2.21 bits per heavy atom. The molecule has 3 N–H and O–H groups in total. The number of hydrogen-bond donors (Lipinski definition) is 2. The number of carbonyl (C=O) groups excluding carboxylic acids is 1. The summed E-state index contributed by atoms with van der Waals surface area (Å²) in [6, 6.07) is 1.47. The van der Waals surface area contributed by atoms with Crippen molar-refractivity contribution in [1.82, 2.24) is 5.32 Å². The SMILES string of the molecule is NCC#Cc1cc(C(=O)NC2(C(F)(F)F)CC2)cs1. The zero-order valence-electron chi connectivity index (χ0n) is 9.80. The summed E-state index contributed by atoms with van der Waals surface area (Å²) in [5, 5.41) is 3.55. The number of nitrogens with two attached hydrogens (primary N) is 1. The van der Waals surface area contributed by atoms with Gasteiger partial charge in [0, 0.05) is 5.38 Å². The number of nitrogens with one attached hydrogen (secondary N) is 1. The van der Waals surface area contributed by atoms with Gasteiger partial charge < -0.3 is 11.1 Å². The summed E-state index contributed by atoms with van der Waals surface area (Å²) in [7, 11) is 0. The Hall–Kier alpha value is -1.52. The predicted molar refractivity (Wildman–Crippen MR) is 65.7 cm³/mol. The molecule has 1 amide bonds. The maximum atomic E-state index is 12.7. The van der Waals surface area contributed by atoms with E-state index in [0.717, 1.165) is 0 Å². The van der Waals surface area contributed by atoms with Gasteiger partial charge in [-0.1, -0.05) is 11.8 Å². The highest BCUT2D eigenvalue weighted by Gasteiger charge is 2.64. The van der Waals surface area contributed by atoms with Gasteiger partial charge in [-0.25, -0.2) is 0 Å². The number of rotatable bonds is 2. The second-order valence-corrected chi connectivity index (χ2v) is 5.15. The average Bonchev–Trinajstić information content (AvgIpc) is 2.97. The van der Waals surface area contributed by atoms with Crippen LogP contribution in [0.4, 0.5) is 13.2 Å². The minimum Gasteiger partial charge on any atom is -0.338 e. The minimum atomic E-state index is -4.40. The highest BCUT2D eigenvalue weighted by atomic mass is 32.1. The Morgan fingerprint density at radius 1 is 1.53 bits per heavy atom. The third-order valence-electron chi connectivity index (χ3n) is 2.82. The van der Waals surface area contributed by atoms with Crippen molar-refractivity contribution in [3.8, 4) is 11.8 Å². The number of hydrogen-bond acceptors (Lipinski definition) is 3. The fourth-order valence-corrected chi connectivity index (χ4v) is 2.31. The van der Waals surface area contributed by atoms with Crippen molar-refractivity contribution in [3.63, 3.8) is 0 Å². The van der Waals surface area contributed by atoms with E-state index in [4.69, 9.17) is 5.73 Å². The molecule has 0 radical (unpaired) electrons. The van der Waals surface area contributed by atoms with Gasteiger partial charge in [0.1, 0.15) is 5.54 Å². The van der Waals surface area contributed by atoms with E-state index in [1.165, 1.54) is 22.8 Å². The van der Waals surface area contributed by atoms with Crippen molar-refractivity contribution in [3.05, 3.63) is 21.9 Å². The van der Waals surface area contributed by atoms with Crippen molar-refractivity contribution in [2.45, 2.75) is 24.6 Å². The Bertz CT molecular complexity index is 549. The van der Waals surface area contributed by atoms with E-state index in [0.29, 0.717) is 4.88 Å². The van der Waals surface area contributed by atoms with Crippen LogP contribution in [0.2, 0.25) is 0 Å². The van der Waals surface area contributed by atoms with Crippen molar-refractivity contribution in [2.75, 3.05) is 6.54 Å². The van der Waals surface area contributed by atoms with Crippen molar-refractivity contribution in [1.29, 1.82) is 0 Å². The van der Waals surface area contributed by atoms with E-state index in [1.54, 1.807) is 0 Å². The Labute approximate surface area is 112 Å². The van der Waals surface area contributed by atoms with Crippen LogP contribution in [0.3, 0.4) is 0 Å². The second kappa shape index (κ2) is 4.87. The van der Waals surface area contributed by atoms with Crippen LogP contribution in [0.15, 0.2) is 11.4 Å². The minimum absolute atomic E-state index is 0.0633. The van der Waals surface area contributed by atoms with Gasteiger partial charge in [-0.15, -0.1) is 11.3 Å². The van der Waals surface area contributed by atoms with Crippen LogP contribution in [0, 0.1) is 11.8 Å². The summed E-state index contributed by atoms with van der Waals surface area (Å²) in [4.78, 5) is 12.4. The Morgan fingerprint density at radius 3 is 2.74 bits per heavy atom. The molecule has 1 aliphatic rings. The number of halogens is 3. The first-order valence-electron chi connectivity index (χ1n) is 5.55. The monoisotopic (exact) mass is 288 g/mol. The van der Waals surface area contributed by atoms with Gasteiger partial charge >= 0.3 is 6.18 Å². The van der Waals surface area contributed by atoms with E-state index >= 15 is 0 Å². The van der Waals surface area contributed by atoms with Gasteiger partial charge in [0.2, 0.25) is 0 Å². The molecule has 0 aromatic carbocycles. The zero-order chi connectivity index (χ0) is 14.1. The lowest BCUT2D eigenvalue weighted by Crippen LogP contribution is -2.47. The molecule has 2 rings (SSSR count). The smallest absolute Gasteiger partial charge is 0.338 e. The first-order chi connectivity index (χ1) is 8.88. The van der Waals surface area contributed by atoms with E-state index in [-0.39, 0.29) is 24.9 Å². The Balaban J connectivity index is 2.07. The molecule has 0 atom stereocenters. The van der Waals surface area contributed by atoms with E-state index in [9.17, 15) is 18.0 Å². The predicted octanol–water partition coefficient (Wildman–Crippen LogP) is 1.88. The molecule has 0 bridgehead atoms. The van der Waals surface area contributed by atoms with E-state index < -0.39 is 17.6 Å². The molecule has 0 aliphatic heterocycles. The van der Waals surface area contributed by atoms with Crippen molar-refractivity contribution >= 4 is 17.2 Å². The quantitative estimate of drug-likeness (QED) is 0.816. The topological polar surface area (TPSA) is 55.1 Å². The third kappa shape index (κ3) is 2.91. The molecule has 1 heterocycles. The van der Waals surface area contributed by atoms with Crippen LogP contribution in [0.5, 0.6) is 0 Å². The average molecular weight is 288 g/mol. The molecule has 0 spiro atoms. The molecule has 0 saturated heterocycles. The van der Waals surface area contributed by atoms with Crippen LogP contribution in [-0.4, -0.2) is 24.2 Å². The zero-order valence-corrected chi connectivity index (χ0v) is 10.6. The summed E-state index contributed by atoms with van der Waals surface area (Å²) >= 11 is 1.20. The first-order valence-corrected chi connectivity index (χ1v) is 6.43. The van der Waals surface area contributed by atoms with Gasteiger partial charge in [-0.3, -0.25) is 4.79 Å². The Kier molecular flexibility index (Phi) is 3.56. The summed E-state index contributed by atoms with van der Waals surface area (Å²) in [5.41, 5.74) is 3.37. The standard InChI is InChI=1S/C12H11F3N2OS/c13-12(14,15)11(3-4-11)17-10(18)8-6-9(19-7-8)2-1-5-16/h6-7H,3-5,16H2,(H,17,18). The molecule has 1 fully saturated rings. The van der Waals surface area contributed by atoms with Crippen LogP contribution in [-0.2, 0) is 0 Å². The second-order valence-electron chi connectivity index (χ2n) is 4.24. The molecular weight excluding hydrogens is 277 g/mol. The maximum Gasteiger partial charge on any atom is 0.411 e. The molecule has 3 nitrogen and oxygen atoms in total. The molecule has 102 valence electrons. The van der Waals surface area contributed by atoms with E-state index in [1.807, 2.05) is 0 Å². The molecule has 1 aromatic heterocycles. The van der Waals surface area contributed by atoms with Crippen LogP contribution >= 0.6 is 11.3 Å². The molecule has 19 heavy (non-hydrogen) atoms. The van der Waals surface area contributed by atoms with Gasteiger partial charge in [-0.05, 0) is 18.9 Å². The molecule has 7 heteroatoms. The molecule has 1 saturated carbocycles. The lowest BCUT2D eigenvalue weighted by atomic mass is 10.2. The number of alkyl halides is 3. The molecule has 1 aromatic rings. The molecule has 1 aliphatic carbocycles. The van der Waals surface area contributed by atoms with Gasteiger partial charge in [-0.2, -0.15) is 13.2 Å². The lowest BCUT2D eigenvalue weighted by Gasteiger charge is -2.20. The normalized spacial score (nSPS) is 16.4. The van der Waals surface area contributed by atoms with E-state index in [2.05, 4.69) is 17.2 Å². The summed E-state index contributed by atoms with van der Waals surface area (Å²) in [6.45, 7) is 0.191. The fourth-order valence-electron chi connectivity index (χ4n) is 1.55. The largest absolute Gasteiger partial charge is 0.411 e. The van der Waals surface area contributed by atoms with Crippen LogP contribution in [0.1, 0.15) is 28.1 Å². The summed E-state index contributed by atoms with van der Waals surface area (Å²) < 4.78 is 38.1. The molecular formula is C12H11F3N2OS. The highest BCUT2D eigenvalue weighted by Crippen LogP contribution is 2.49. The van der Waals surface area contributed by atoms with Crippen LogP contribution < -0.4 is 11.1 Å². The van der Waals surface area contributed by atoms with Gasteiger partial charge in [0.15, 0.2) is 0 Å². The van der Waals surface area contributed by atoms with Crippen LogP contribution in [0.25, 0.3) is 0 Å². The van der Waals surface area contributed by atoms with Crippen molar-refractivity contribution in [2.24, 2.45) is 5.73 Å². The first kappa shape index (κ1) is 13.9. The molecule has 0 unspecified atom stereocenters. The lowest BCUT2D eigenvalue weighted by molar-refractivity contribution is -0.163. The third-order valence-corrected chi connectivity index (χ3v) is 3.67. The summed E-state index contributed by atoms with van der Waals surface area (Å²) in [5.74, 6) is 4.63. The number of carbonyl (C=O) groups is 1. The maximum absolute atomic E-state index is 12.7. The van der Waals surface area contributed by atoms with Gasteiger partial charge in [0.25, 0.3) is 5.91 Å².